The third kappa shape index (κ3) is 3.28. The number of anilines is 1. The molecule has 26 heavy (non-hydrogen) atoms. The average molecular weight is 348 g/mol. The standard InChI is InChI=1S/C19H20N6O/c20-16-8-6-14(12-21-16)19(26)22-15-7-9-17-23-24-18(25(17)11-10-15)13-4-2-1-3-5-13/h1-6,8,12,15H,7,9-11H2,(H2,20,21)(H,22,26). The summed E-state index contributed by atoms with van der Waals surface area (Å²) in [6, 6.07) is 13.5. The number of rotatable bonds is 3. The summed E-state index contributed by atoms with van der Waals surface area (Å²) in [6.45, 7) is 0.775. The van der Waals surface area contributed by atoms with E-state index in [0.717, 1.165) is 43.0 Å². The Morgan fingerprint density at radius 2 is 1.96 bits per heavy atom. The molecule has 4 rings (SSSR count). The molecule has 0 saturated heterocycles. The fraction of sp³-hybridized carbons (Fsp3) is 0.263. The molecular formula is C19H20N6O. The molecule has 2 aromatic heterocycles. The molecule has 1 unspecified atom stereocenters. The Hall–Kier alpha value is -3.22. The molecule has 0 fully saturated rings. The molecule has 0 radical (unpaired) electrons. The van der Waals surface area contributed by atoms with Gasteiger partial charge in [-0.1, -0.05) is 30.3 Å². The van der Waals surface area contributed by atoms with Crippen LogP contribution in [0.5, 0.6) is 0 Å². The Morgan fingerprint density at radius 3 is 2.73 bits per heavy atom. The molecule has 1 atom stereocenters. The van der Waals surface area contributed by atoms with E-state index in [4.69, 9.17) is 5.73 Å². The number of aromatic nitrogens is 4. The summed E-state index contributed by atoms with van der Waals surface area (Å²) in [5, 5.41) is 11.8. The van der Waals surface area contributed by atoms with Gasteiger partial charge in [-0.05, 0) is 25.0 Å². The Labute approximate surface area is 151 Å². The first-order valence-electron chi connectivity index (χ1n) is 8.70. The summed E-state index contributed by atoms with van der Waals surface area (Å²) in [6.07, 6.45) is 3.95. The van der Waals surface area contributed by atoms with Crippen LogP contribution < -0.4 is 11.1 Å². The Morgan fingerprint density at radius 1 is 1.12 bits per heavy atom. The minimum absolute atomic E-state index is 0.0883. The number of aryl methyl sites for hydroxylation is 1. The number of hydrogen-bond acceptors (Lipinski definition) is 5. The highest BCUT2D eigenvalue weighted by atomic mass is 16.1. The van der Waals surface area contributed by atoms with Gasteiger partial charge in [-0.15, -0.1) is 10.2 Å². The van der Waals surface area contributed by atoms with Crippen LogP contribution in [-0.2, 0) is 13.0 Å². The first-order valence-corrected chi connectivity index (χ1v) is 8.70. The Kier molecular flexibility index (Phi) is 4.35. The second-order valence-corrected chi connectivity index (χ2v) is 6.43. The van der Waals surface area contributed by atoms with E-state index in [-0.39, 0.29) is 11.9 Å². The maximum absolute atomic E-state index is 12.4. The van der Waals surface area contributed by atoms with E-state index >= 15 is 0 Å². The van der Waals surface area contributed by atoms with Gasteiger partial charge in [-0.3, -0.25) is 4.79 Å². The van der Waals surface area contributed by atoms with Gasteiger partial charge in [0.1, 0.15) is 11.6 Å². The van der Waals surface area contributed by atoms with Crippen LogP contribution in [0.2, 0.25) is 0 Å². The summed E-state index contributed by atoms with van der Waals surface area (Å²) in [7, 11) is 0. The van der Waals surface area contributed by atoms with Crippen molar-refractivity contribution >= 4 is 11.7 Å². The van der Waals surface area contributed by atoms with Crippen molar-refractivity contribution in [3.63, 3.8) is 0 Å². The van der Waals surface area contributed by atoms with Gasteiger partial charge in [0, 0.05) is 30.8 Å². The van der Waals surface area contributed by atoms with Gasteiger partial charge in [0.05, 0.1) is 5.56 Å². The topological polar surface area (TPSA) is 98.7 Å². The molecule has 1 aliphatic heterocycles. The molecular weight excluding hydrogens is 328 g/mol. The predicted octanol–water partition coefficient (Wildman–Crippen LogP) is 2.06. The monoisotopic (exact) mass is 348 g/mol. The van der Waals surface area contributed by atoms with Gasteiger partial charge in [0.2, 0.25) is 0 Å². The fourth-order valence-electron chi connectivity index (χ4n) is 3.24. The number of nitrogens with two attached hydrogens (primary N) is 1. The van der Waals surface area contributed by atoms with E-state index in [0.29, 0.717) is 11.4 Å². The predicted molar refractivity (Wildman–Crippen MR) is 98.3 cm³/mol. The number of amides is 1. The van der Waals surface area contributed by atoms with E-state index in [1.54, 1.807) is 12.1 Å². The molecule has 132 valence electrons. The minimum Gasteiger partial charge on any atom is -0.384 e. The number of nitrogens with zero attached hydrogens (tertiary/aromatic N) is 4. The van der Waals surface area contributed by atoms with Crippen LogP contribution in [-0.4, -0.2) is 31.7 Å². The SMILES string of the molecule is Nc1ccc(C(=O)NC2CCc3nnc(-c4ccccc4)n3CC2)cn1. The van der Waals surface area contributed by atoms with Crippen LogP contribution in [0.1, 0.15) is 29.0 Å². The van der Waals surface area contributed by atoms with Crippen molar-refractivity contribution in [1.29, 1.82) is 0 Å². The summed E-state index contributed by atoms with van der Waals surface area (Å²) >= 11 is 0. The molecule has 0 spiro atoms. The lowest BCUT2D eigenvalue weighted by Gasteiger charge is -2.16. The van der Waals surface area contributed by atoms with Gasteiger partial charge >= 0.3 is 0 Å². The van der Waals surface area contributed by atoms with Crippen molar-refractivity contribution in [2.45, 2.75) is 31.8 Å². The smallest absolute Gasteiger partial charge is 0.253 e. The van der Waals surface area contributed by atoms with E-state index in [9.17, 15) is 4.79 Å². The van der Waals surface area contributed by atoms with Crippen molar-refractivity contribution in [2.75, 3.05) is 5.73 Å². The van der Waals surface area contributed by atoms with Crippen LogP contribution >= 0.6 is 0 Å². The van der Waals surface area contributed by atoms with Crippen molar-refractivity contribution < 1.29 is 4.79 Å². The van der Waals surface area contributed by atoms with Crippen LogP contribution in [0, 0.1) is 0 Å². The zero-order chi connectivity index (χ0) is 17.9. The summed E-state index contributed by atoms with van der Waals surface area (Å²) in [5.74, 6) is 2.14. The lowest BCUT2D eigenvalue weighted by atomic mass is 10.1. The molecule has 3 aromatic rings. The average Bonchev–Trinajstić information content (AvgIpc) is 2.98. The van der Waals surface area contributed by atoms with Crippen LogP contribution in [0.15, 0.2) is 48.7 Å². The van der Waals surface area contributed by atoms with E-state index in [1.807, 2.05) is 30.3 Å². The number of hydrogen-bond donors (Lipinski definition) is 2. The Balaban J connectivity index is 1.46. The van der Waals surface area contributed by atoms with Crippen LogP contribution in [0.4, 0.5) is 5.82 Å². The van der Waals surface area contributed by atoms with Crippen molar-refractivity contribution in [3.05, 3.63) is 60.0 Å². The highest BCUT2D eigenvalue weighted by Crippen LogP contribution is 2.22. The molecule has 1 aromatic carbocycles. The molecule has 1 aliphatic rings. The largest absolute Gasteiger partial charge is 0.384 e. The molecule has 0 aliphatic carbocycles. The lowest BCUT2D eigenvalue weighted by molar-refractivity contribution is 0.0932. The normalized spacial score (nSPS) is 16.5. The van der Waals surface area contributed by atoms with Gasteiger partial charge in [-0.2, -0.15) is 0 Å². The van der Waals surface area contributed by atoms with Gasteiger partial charge in [0.25, 0.3) is 5.91 Å². The summed E-state index contributed by atoms with van der Waals surface area (Å²) in [4.78, 5) is 16.4. The molecule has 1 amide bonds. The molecule has 0 saturated carbocycles. The van der Waals surface area contributed by atoms with Crippen LogP contribution in [0.25, 0.3) is 11.4 Å². The van der Waals surface area contributed by atoms with Crippen LogP contribution in [0.3, 0.4) is 0 Å². The number of nitrogens with one attached hydrogen (secondary N) is 1. The first kappa shape index (κ1) is 16.3. The molecule has 3 heterocycles. The quantitative estimate of drug-likeness (QED) is 0.755. The van der Waals surface area contributed by atoms with E-state index in [2.05, 4.69) is 25.1 Å². The number of carbonyl (C=O) groups excluding carboxylic acids is 1. The van der Waals surface area contributed by atoms with Crippen molar-refractivity contribution in [1.82, 2.24) is 25.1 Å². The van der Waals surface area contributed by atoms with Gasteiger partial charge < -0.3 is 15.6 Å². The molecule has 7 heteroatoms. The third-order valence-electron chi connectivity index (χ3n) is 4.66. The second kappa shape index (κ2) is 6.95. The first-order chi connectivity index (χ1) is 12.7. The lowest BCUT2D eigenvalue weighted by Crippen LogP contribution is -2.35. The fourth-order valence-corrected chi connectivity index (χ4v) is 3.24. The molecule has 7 nitrogen and oxygen atoms in total. The van der Waals surface area contributed by atoms with Gasteiger partial charge in [0.15, 0.2) is 5.82 Å². The number of benzene rings is 1. The zero-order valence-electron chi connectivity index (χ0n) is 14.3. The number of fused-ring (bicyclic) bond motifs is 1. The summed E-state index contributed by atoms with van der Waals surface area (Å²) < 4.78 is 2.16. The van der Waals surface area contributed by atoms with Crippen molar-refractivity contribution in [3.8, 4) is 11.4 Å². The third-order valence-corrected chi connectivity index (χ3v) is 4.66. The van der Waals surface area contributed by atoms with E-state index in [1.165, 1.54) is 6.20 Å². The highest BCUT2D eigenvalue weighted by molar-refractivity contribution is 5.94. The number of pyridine rings is 1. The Bertz CT molecular complexity index is 904. The molecule has 3 N–H and O–H groups in total. The van der Waals surface area contributed by atoms with E-state index < -0.39 is 0 Å². The maximum atomic E-state index is 12.4. The second-order valence-electron chi connectivity index (χ2n) is 6.43. The highest BCUT2D eigenvalue weighted by Gasteiger charge is 2.22. The van der Waals surface area contributed by atoms with Gasteiger partial charge in [-0.25, -0.2) is 4.98 Å². The maximum Gasteiger partial charge on any atom is 0.253 e. The zero-order valence-corrected chi connectivity index (χ0v) is 14.3. The number of carbonyl (C=O) groups is 1. The number of nitrogen functional groups attached to an aromatic ring is 1. The minimum atomic E-state index is -0.122. The molecule has 0 bridgehead atoms. The van der Waals surface area contributed by atoms with Crippen molar-refractivity contribution in [2.24, 2.45) is 0 Å². The summed E-state index contributed by atoms with van der Waals surface area (Å²) in [5.41, 5.74) is 7.15.